The first-order chi connectivity index (χ1) is 10.0. The Morgan fingerprint density at radius 3 is 2.67 bits per heavy atom. The maximum atomic E-state index is 13.5. The van der Waals surface area contributed by atoms with Gasteiger partial charge in [-0.1, -0.05) is 17.7 Å². The van der Waals surface area contributed by atoms with E-state index in [1.165, 1.54) is 12.1 Å². The van der Waals surface area contributed by atoms with E-state index in [0.717, 1.165) is 6.07 Å². The summed E-state index contributed by atoms with van der Waals surface area (Å²) in [5.41, 5.74) is 0.845. The molecule has 21 heavy (non-hydrogen) atoms. The van der Waals surface area contributed by atoms with Crippen LogP contribution in [0.5, 0.6) is 0 Å². The molecule has 3 nitrogen and oxygen atoms in total. The largest absolute Gasteiger partial charge is 0.386 e. The molecule has 2 aromatic rings. The van der Waals surface area contributed by atoms with E-state index in [1.54, 1.807) is 12.1 Å². The number of rotatable bonds is 4. The van der Waals surface area contributed by atoms with Crippen molar-refractivity contribution in [3.05, 3.63) is 64.2 Å². The highest BCUT2D eigenvalue weighted by Crippen LogP contribution is 2.24. The molecule has 0 saturated heterocycles. The van der Waals surface area contributed by atoms with E-state index in [1.807, 2.05) is 6.07 Å². The zero-order valence-corrected chi connectivity index (χ0v) is 11.5. The minimum absolute atomic E-state index is 0.0172. The van der Waals surface area contributed by atoms with E-state index in [-0.39, 0.29) is 12.1 Å². The molecular formula is C15H11ClF2N2O. The normalized spacial score (nSPS) is 11.8. The van der Waals surface area contributed by atoms with Crippen molar-refractivity contribution in [2.24, 2.45) is 0 Å². The van der Waals surface area contributed by atoms with Crippen LogP contribution in [0.1, 0.15) is 17.2 Å². The Morgan fingerprint density at radius 1 is 1.24 bits per heavy atom. The predicted octanol–water partition coefficient (Wildman–Crippen LogP) is 3.64. The van der Waals surface area contributed by atoms with E-state index < -0.39 is 17.7 Å². The van der Waals surface area contributed by atoms with Gasteiger partial charge in [0.05, 0.1) is 28.4 Å². The quantitative estimate of drug-likeness (QED) is 0.906. The average Bonchev–Trinajstić information content (AvgIpc) is 2.46. The summed E-state index contributed by atoms with van der Waals surface area (Å²) in [6, 6.07) is 9.57. The molecule has 0 bridgehead atoms. The third-order valence-electron chi connectivity index (χ3n) is 2.90. The molecule has 0 aliphatic carbocycles. The molecule has 0 radical (unpaired) electrons. The highest BCUT2D eigenvalue weighted by Gasteiger charge is 2.14. The standard InChI is InChI=1S/C15H11ClF2N2O/c16-12-4-1-9(7-19)5-14(12)20-8-15(21)11-3-2-10(17)6-13(11)18/h1-6,15,20-21H,8H2. The summed E-state index contributed by atoms with van der Waals surface area (Å²) in [4.78, 5) is 0. The van der Waals surface area contributed by atoms with Gasteiger partial charge in [-0.05, 0) is 24.3 Å². The second-order valence-corrected chi connectivity index (χ2v) is 4.78. The summed E-state index contributed by atoms with van der Waals surface area (Å²) in [6.45, 7) is -0.0306. The summed E-state index contributed by atoms with van der Waals surface area (Å²) >= 11 is 5.96. The van der Waals surface area contributed by atoms with Crippen LogP contribution in [0.15, 0.2) is 36.4 Å². The van der Waals surface area contributed by atoms with Crippen LogP contribution in [-0.4, -0.2) is 11.7 Å². The number of anilines is 1. The Balaban J connectivity index is 2.11. The zero-order chi connectivity index (χ0) is 15.4. The van der Waals surface area contributed by atoms with E-state index >= 15 is 0 Å². The topological polar surface area (TPSA) is 56.0 Å². The molecule has 0 aromatic heterocycles. The number of nitrogens with zero attached hydrogens (tertiary/aromatic N) is 1. The molecule has 0 spiro atoms. The second-order valence-electron chi connectivity index (χ2n) is 4.37. The average molecular weight is 309 g/mol. The summed E-state index contributed by atoms with van der Waals surface area (Å²) in [6.07, 6.45) is -1.17. The number of hydrogen-bond acceptors (Lipinski definition) is 3. The zero-order valence-electron chi connectivity index (χ0n) is 10.8. The number of halogens is 3. The monoisotopic (exact) mass is 308 g/mol. The Kier molecular flexibility index (Phi) is 4.73. The van der Waals surface area contributed by atoms with Crippen LogP contribution in [0.4, 0.5) is 14.5 Å². The lowest BCUT2D eigenvalue weighted by Crippen LogP contribution is -2.14. The van der Waals surface area contributed by atoms with Crippen molar-refractivity contribution in [1.29, 1.82) is 5.26 Å². The minimum atomic E-state index is -1.17. The molecule has 0 fully saturated rings. The lowest BCUT2D eigenvalue weighted by molar-refractivity contribution is 0.186. The van der Waals surface area contributed by atoms with Crippen molar-refractivity contribution >= 4 is 17.3 Å². The summed E-state index contributed by atoms with van der Waals surface area (Å²) in [5, 5.41) is 22.0. The van der Waals surface area contributed by atoms with Gasteiger partial charge in [-0.15, -0.1) is 0 Å². The van der Waals surface area contributed by atoms with Gasteiger partial charge in [0.25, 0.3) is 0 Å². The number of nitriles is 1. The third kappa shape index (κ3) is 3.69. The Hall–Kier alpha value is -2.16. The predicted molar refractivity (Wildman–Crippen MR) is 76.0 cm³/mol. The first-order valence-electron chi connectivity index (χ1n) is 6.08. The first-order valence-corrected chi connectivity index (χ1v) is 6.45. The van der Waals surface area contributed by atoms with Crippen LogP contribution in [0.2, 0.25) is 5.02 Å². The van der Waals surface area contributed by atoms with Crippen LogP contribution in [0, 0.1) is 23.0 Å². The van der Waals surface area contributed by atoms with Gasteiger partial charge in [0.15, 0.2) is 0 Å². The van der Waals surface area contributed by atoms with Crippen LogP contribution < -0.4 is 5.32 Å². The molecule has 0 saturated carbocycles. The van der Waals surface area contributed by atoms with E-state index in [9.17, 15) is 13.9 Å². The smallest absolute Gasteiger partial charge is 0.131 e. The van der Waals surface area contributed by atoms with Gasteiger partial charge < -0.3 is 10.4 Å². The molecule has 1 unspecified atom stereocenters. The molecule has 2 aromatic carbocycles. The molecule has 0 aliphatic rings. The summed E-state index contributed by atoms with van der Waals surface area (Å²) < 4.78 is 26.3. The maximum Gasteiger partial charge on any atom is 0.131 e. The van der Waals surface area contributed by atoms with Gasteiger partial charge in [-0.2, -0.15) is 5.26 Å². The third-order valence-corrected chi connectivity index (χ3v) is 3.23. The number of hydrogen-bond donors (Lipinski definition) is 2. The maximum absolute atomic E-state index is 13.5. The van der Waals surface area contributed by atoms with E-state index in [4.69, 9.17) is 16.9 Å². The van der Waals surface area contributed by atoms with Crippen LogP contribution >= 0.6 is 11.6 Å². The van der Waals surface area contributed by atoms with E-state index in [2.05, 4.69) is 5.32 Å². The molecule has 0 heterocycles. The van der Waals surface area contributed by atoms with Crippen molar-refractivity contribution in [1.82, 2.24) is 0 Å². The van der Waals surface area contributed by atoms with Crippen molar-refractivity contribution in [2.75, 3.05) is 11.9 Å². The first kappa shape index (κ1) is 15.2. The second kappa shape index (κ2) is 6.53. The van der Waals surface area contributed by atoms with Crippen LogP contribution in [0.3, 0.4) is 0 Å². The van der Waals surface area contributed by atoms with Gasteiger partial charge in [-0.3, -0.25) is 0 Å². The van der Waals surface area contributed by atoms with E-state index in [0.29, 0.717) is 22.3 Å². The molecule has 0 aliphatic heterocycles. The van der Waals surface area contributed by atoms with Gasteiger partial charge >= 0.3 is 0 Å². The number of benzene rings is 2. The number of aliphatic hydroxyl groups excluding tert-OH is 1. The fraction of sp³-hybridized carbons (Fsp3) is 0.133. The minimum Gasteiger partial charge on any atom is -0.386 e. The van der Waals surface area contributed by atoms with Crippen LogP contribution in [-0.2, 0) is 0 Å². The highest BCUT2D eigenvalue weighted by molar-refractivity contribution is 6.33. The SMILES string of the molecule is N#Cc1ccc(Cl)c(NCC(O)c2ccc(F)cc2F)c1. The van der Waals surface area contributed by atoms with Crippen LogP contribution in [0.25, 0.3) is 0 Å². The fourth-order valence-electron chi connectivity index (χ4n) is 1.82. The number of aliphatic hydroxyl groups is 1. The van der Waals surface area contributed by atoms with Crippen molar-refractivity contribution in [3.8, 4) is 6.07 Å². The summed E-state index contributed by atoms with van der Waals surface area (Å²) in [7, 11) is 0. The van der Waals surface area contributed by atoms with Gasteiger partial charge in [-0.25, -0.2) is 8.78 Å². The molecule has 2 rings (SSSR count). The van der Waals surface area contributed by atoms with Crippen molar-refractivity contribution in [2.45, 2.75) is 6.10 Å². The van der Waals surface area contributed by atoms with Gasteiger partial charge in [0, 0.05) is 18.2 Å². The Bertz CT molecular complexity index is 701. The summed E-state index contributed by atoms with van der Waals surface area (Å²) in [5.74, 6) is -1.53. The van der Waals surface area contributed by atoms with Gasteiger partial charge in [0.1, 0.15) is 11.6 Å². The fourth-order valence-corrected chi connectivity index (χ4v) is 2.00. The molecule has 6 heteroatoms. The molecule has 0 amide bonds. The van der Waals surface area contributed by atoms with Gasteiger partial charge in [0.2, 0.25) is 0 Å². The molecular weight excluding hydrogens is 298 g/mol. The molecule has 1 atom stereocenters. The van der Waals surface area contributed by atoms with Crippen molar-refractivity contribution < 1.29 is 13.9 Å². The molecule has 108 valence electrons. The van der Waals surface area contributed by atoms with Crippen molar-refractivity contribution in [3.63, 3.8) is 0 Å². The lowest BCUT2D eigenvalue weighted by atomic mass is 10.1. The Labute approximate surface area is 125 Å². The Morgan fingerprint density at radius 2 is 2.00 bits per heavy atom. The highest BCUT2D eigenvalue weighted by atomic mass is 35.5. The molecule has 2 N–H and O–H groups in total. The number of nitrogens with one attached hydrogen (secondary N) is 1. The lowest BCUT2D eigenvalue weighted by Gasteiger charge is -2.15.